The Morgan fingerprint density at radius 1 is 0.682 bits per heavy atom. The van der Waals surface area contributed by atoms with E-state index in [2.05, 4.69) is 19.1 Å². The Morgan fingerprint density at radius 2 is 1.18 bits per heavy atom. The maximum absolute atomic E-state index is 10.1. The number of hydrogen-bond donors (Lipinski definition) is 0. The summed E-state index contributed by atoms with van der Waals surface area (Å²) in [4.78, 5) is 10.1. The summed E-state index contributed by atoms with van der Waals surface area (Å²) in [5.74, 6) is -1.18. The lowest BCUT2D eigenvalue weighted by atomic mass is 10.1. The zero-order valence-corrected chi connectivity index (χ0v) is 13.7. The molecule has 0 aromatic carbocycles. The standard InChI is InChI=1S/C20H29O2/c1-2-3-4-5-6-7-8-9-10-11-12-13-14-15-16-17-18-19-20(21)22/h10-19H,2-9H2,1H3. The second-order valence-electron chi connectivity index (χ2n) is 5.17. The normalized spacial score (nSPS) is 12.8. The van der Waals surface area contributed by atoms with Crippen LogP contribution in [0.25, 0.3) is 0 Å². The molecule has 0 unspecified atom stereocenters. The Bertz CT molecular complexity index is 398. The summed E-state index contributed by atoms with van der Waals surface area (Å²) < 4.78 is 0. The van der Waals surface area contributed by atoms with Crippen LogP contribution in [0.15, 0.2) is 60.8 Å². The van der Waals surface area contributed by atoms with E-state index in [1.165, 1.54) is 51.0 Å². The van der Waals surface area contributed by atoms with Gasteiger partial charge in [-0.3, -0.25) is 0 Å². The van der Waals surface area contributed by atoms with E-state index < -0.39 is 5.97 Å². The number of carbonyl (C=O) groups is 1. The van der Waals surface area contributed by atoms with Gasteiger partial charge in [-0.05, 0) is 12.8 Å². The van der Waals surface area contributed by atoms with Crippen molar-refractivity contribution in [3.8, 4) is 0 Å². The fraction of sp³-hybridized carbons (Fsp3) is 0.450. The summed E-state index contributed by atoms with van der Waals surface area (Å²) in [6.07, 6.45) is 28.4. The van der Waals surface area contributed by atoms with Crippen molar-refractivity contribution in [2.75, 3.05) is 0 Å². The topological polar surface area (TPSA) is 37.0 Å². The number of carbonyl (C=O) groups excluding carboxylic acids is 1. The molecule has 0 aromatic heterocycles. The van der Waals surface area contributed by atoms with Crippen LogP contribution in [-0.2, 0) is 9.90 Å². The van der Waals surface area contributed by atoms with Gasteiger partial charge in [0.25, 0.3) is 0 Å². The van der Waals surface area contributed by atoms with Gasteiger partial charge in [0.1, 0.15) is 0 Å². The van der Waals surface area contributed by atoms with Crippen LogP contribution in [0.1, 0.15) is 58.3 Å². The lowest BCUT2D eigenvalue weighted by Gasteiger charge is -1.98. The fourth-order valence-corrected chi connectivity index (χ4v) is 1.91. The maximum atomic E-state index is 10.1. The van der Waals surface area contributed by atoms with Crippen molar-refractivity contribution in [1.82, 2.24) is 0 Å². The molecule has 0 atom stereocenters. The Kier molecular flexibility index (Phi) is 15.8. The molecule has 0 heterocycles. The summed E-state index contributed by atoms with van der Waals surface area (Å²) in [6.45, 7) is 2.25. The fourth-order valence-electron chi connectivity index (χ4n) is 1.91. The van der Waals surface area contributed by atoms with Crippen LogP contribution in [0, 0.1) is 0 Å². The highest BCUT2D eigenvalue weighted by molar-refractivity contribution is 5.79. The van der Waals surface area contributed by atoms with Gasteiger partial charge in [-0.2, -0.15) is 0 Å². The van der Waals surface area contributed by atoms with Gasteiger partial charge in [-0.25, -0.2) is 9.90 Å². The molecule has 0 rings (SSSR count). The summed E-state index contributed by atoms with van der Waals surface area (Å²) in [5, 5.41) is 10.1. The molecule has 0 saturated heterocycles. The zero-order chi connectivity index (χ0) is 16.3. The largest absolute Gasteiger partial charge is 0.379 e. The quantitative estimate of drug-likeness (QED) is 0.238. The molecule has 0 aliphatic heterocycles. The average molecular weight is 301 g/mol. The third-order valence-electron chi connectivity index (χ3n) is 3.12. The van der Waals surface area contributed by atoms with Crippen molar-refractivity contribution in [2.24, 2.45) is 0 Å². The first-order valence-electron chi connectivity index (χ1n) is 8.31. The summed E-state index contributed by atoms with van der Waals surface area (Å²) in [5.41, 5.74) is 0. The smallest absolute Gasteiger partial charge is 0.242 e. The van der Waals surface area contributed by atoms with Crippen molar-refractivity contribution in [1.29, 1.82) is 0 Å². The van der Waals surface area contributed by atoms with E-state index in [0.717, 1.165) is 12.5 Å². The highest BCUT2D eigenvalue weighted by atomic mass is 16.4. The van der Waals surface area contributed by atoms with Crippen LogP contribution in [0.2, 0.25) is 0 Å². The monoisotopic (exact) mass is 301 g/mol. The molecule has 1 radical (unpaired) electrons. The van der Waals surface area contributed by atoms with Crippen molar-refractivity contribution < 1.29 is 9.90 Å². The van der Waals surface area contributed by atoms with E-state index in [0.29, 0.717) is 0 Å². The predicted octanol–water partition coefficient (Wildman–Crippen LogP) is 5.87. The van der Waals surface area contributed by atoms with Crippen LogP contribution >= 0.6 is 0 Å². The maximum Gasteiger partial charge on any atom is 0.379 e. The third kappa shape index (κ3) is 18.2. The van der Waals surface area contributed by atoms with Crippen molar-refractivity contribution in [3.05, 3.63) is 60.8 Å². The van der Waals surface area contributed by atoms with E-state index in [1.807, 2.05) is 24.3 Å². The van der Waals surface area contributed by atoms with Gasteiger partial charge < -0.3 is 0 Å². The highest BCUT2D eigenvalue weighted by Gasteiger charge is 1.88. The molecule has 0 bridgehead atoms. The van der Waals surface area contributed by atoms with Crippen LogP contribution < -0.4 is 0 Å². The van der Waals surface area contributed by atoms with Crippen LogP contribution in [-0.4, -0.2) is 5.97 Å². The minimum atomic E-state index is -1.18. The number of allylic oxidation sites excluding steroid dienone is 9. The van der Waals surface area contributed by atoms with Crippen molar-refractivity contribution in [2.45, 2.75) is 58.3 Å². The first-order chi connectivity index (χ1) is 10.8. The van der Waals surface area contributed by atoms with E-state index in [9.17, 15) is 9.90 Å². The first-order valence-corrected chi connectivity index (χ1v) is 8.31. The average Bonchev–Trinajstić information content (AvgIpc) is 2.50. The van der Waals surface area contributed by atoms with Gasteiger partial charge in [0, 0.05) is 6.08 Å². The van der Waals surface area contributed by atoms with E-state index in [4.69, 9.17) is 0 Å². The Balaban J connectivity index is 3.50. The number of unbranched alkanes of at least 4 members (excludes halogenated alkanes) is 7. The Morgan fingerprint density at radius 3 is 1.77 bits per heavy atom. The molecule has 121 valence electrons. The molecule has 0 aliphatic carbocycles. The lowest BCUT2D eigenvalue weighted by Crippen LogP contribution is -1.80. The lowest BCUT2D eigenvalue weighted by molar-refractivity contribution is -0.137. The Labute approximate surface area is 135 Å². The van der Waals surface area contributed by atoms with Gasteiger partial charge >= 0.3 is 5.97 Å². The summed E-state index contributed by atoms with van der Waals surface area (Å²) in [7, 11) is 0. The minimum absolute atomic E-state index is 0.993. The second-order valence-corrected chi connectivity index (χ2v) is 5.17. The molecule has 2 nitrogen and oxygen atoms in total. The van der Waals surface area contributed by atoms with Crippen LogP contribution in [0.3, 0.4) is 0 Å². The molecule has 0 fully saturated rings. The molecule has 0 N–H and O–H groups in total. The minimum Gasteiger partial charge on any atom is -0.242 e. The Hall–Kier alpha value is -1.83. The molecule has 0 saturated carbocycles. The zero-order valence-electron chi connectivity index (χ0n) is 13.7. The molecule has 0 aliphatic rings. The predicted molar refractivity (Wildman–Crippen MR) is 94.0 cm³/mol. The van der Waals surface area contributed by atoms with Crippen LogP contribution in [0.5, 0.6) is 0 Å². The van der Waals surface area contributed by atoms with Gasteiger partial charge in [0.05, 0.1) is 0 Å². The van der Waals surface area contributed by atoms with E-state index in [1.54, 1.807) is 12.2 Å². The molecule has 2 heteroatoms. The van der Waals surface area contributed by atoms with Gasteiger partial charge in [-0.1, -0.05) is 100 Å². The number of rotatable bonds is 13. The van der Waals surface area contributed by atoms with Crippen molar-refractivity contribution >= 4 is 5.97 Å². The molecular weight excluding hydrogens is 272 g/mol. The van der Waals surface area contributed by atoms with Gasteiger partial charge in [0.15, 0.2) is 0 Å². The first kappa shape index (κ1) is 20.2. The summed E-state index contributed by atoms with van der Waals surface area (Å²) >= 11 is 0. The summed E-state index contributed by atoms with van der Waals surface area (Å²) in [6, 6.07) is 0. The van der Waals surface area contributed by atoms with Crippen molar-refractivity contribution in [3.63, 3.8) is 0 Å². The van der Waals surface area contributed by atoms with Crippen LogP contribution in [0.4, 0.5) is 0 Å². The SMILES string of the molecule is CCCCCCCCCC=CC=CC=CC=CC=CC([O])=O. The highest BCUT2D eigenvalue weighted by Crippen LogP contribution is 2.08. The molecule has 0 aromatic rings. The van der Waals surface area contributed by atoms with E-state index in [-0.39, 0.29) is 0 Å². The van der Waals surface area contributed by atoms with Gasteiger partial charge in [-0.15, -0.1) is 0 Å². The third-order valence-corrected chi connectivity index (χ3v) is 3.12. The molecular formula is C20H29O2. The molecule has 0 amide bonds. The van der Waals surface area contributed by atoms with E-state index >= 15 is 0 Å². The second kappa shape index (κ2) is 17.2. The van der Waals surface area contributed by atoms with Gasteiger partial charge in [0.2, 0.25) is 0 Å². The number of hydrogen-bond acceptors (Lipinski definition) is 1. The molecule has 0 spiro atoms. The molecule has 22 heavy (non-hydrogen) atoms.